The first-order valence-electron chi connectivity index (χ1n) is 8.76. The maximum Gasteiger partial charge on any atom is 0.222 e. The Morgan fingerprint density at radius 1 is 1.07 bits per heavy atom. The molecule has 7 nitrogen and oxygen atoms in total. The zero-order chi connectivity index (χ0) is 19.7. The van der Waals surface area contributed by atoms with Crippen LogP contribution in [0, 0.1) is 0 Å². The number of rotatable bonds is 4. The van der Waals surface area contributed by atoms with Crippen molar-refractivity contribution >= 4 is 22.8 Å². The van der Waals surface area contributed by atoms with Crippen molar-refractivity contribution in [2.45, 2.75) is 6.92 Å². The van der Waals surface area contributed by atoms with Crippen LogP contribution in [0.2, 0.25) is 0 Å². The number of anilines is 1. The monoisotopic (exact) mass is 373 g/mol. The lowest BCUT2D eigenvalue weighted by atomic mass is 10.0. The Bertz CT molecular complexity index is 1170. The molecule has 0 aliphatic heterocycles. The molecule has 0 fully saturated rings. The number of nitrogens with one attached hydrogen (secondary N) is 1. The first-order chi connectivity index (χ1) is 13.6. The topological polar surface area (TPSA) is 81.9 Å². The summed E-state index contributed by atoms with van der Waals surface area (Å²) in [5.74, 6) is 0.889. The number of carbonyl (C=O) groups excluding carboxylic acids is 1. The fourth-order valence-corrected chi connectivity index (χ4v) is 3.35. The van der Waals surface area contributed by atoms with Crippen molar-refractivity contribution in [3.05, 3.63) is 55.0 Å². The van der Waals surface area contributed by atoms with Gasteiger partial charge in [0.05, 0.1) is 23.8 Å². The highest BCUT2D eigenvalue weighted by molar-refractivity contribution is 6.02. The minimum absolute atomic E-state index is 0.164. The van der Waals surface area contributed by atoms with Gasteiger partial charge in [-0.05, 0) is 30.3 Å². The molecule has 1 amide bonds. The molecule has 140 valence electrons. The summed E-state index contributed by atoms with van der Waals surface area (Å²) >= 11 is 0. The number of nitrogens with zero attached hydrogens (tertiary/aromatic N) is 4. The van der Waals surface area contributed by atoms with E-state index in [1.54, 1.807) is 25.7 Å². The van der Waals surface area contributed by atoms with Gasteiger partial charge in [-0.25, -0.2) is 9.97 Å². The highest BCUT2D eigenvalue weighted by Crippen LogP contribution is 2.39. The number of pyridine rings is 3. The van der Waals surface area contributed by atoms with Gasteiger partial charge in [0.15, 0.2) is 0 Å². The van der Waals surface area contributed by atoms with Crippen LogP contribution >= 0.6 is 0 Å². The predicted molar refractivity (Wildman–Crippen MR) is 108 cm³/mol. The normalized spacial score (nSPS) is 10.8. The number of aromatic nitrogens is 4. The molecule has 1 N–H and O–H groups in total. The van der Waals surface area contributed by atoms with E-state index >= 15 is 0 Å². The number of methoxy groups -OCH3 is 1. The van der Waals surface area contributed by atoms with Gasteiger partial charge in [0.2, 0.25) is 11.8 Å². The average Bonchev–Trinajstić information content (AvgIpc) is 3.00. The molecule has 0 aliphatic rings. The molecule has 0 saturated carbocycles. The quantitative estimate of drug-likeness (QED) is 0.590. The van der Waals surface area contributed by atoms with Crippen LogP contribution in [0.3, 0.4) is 0 Å². The largest absolute Gasteiger partial charge is 0.481 e. The number of aryl methyl sites for hydroxylation is 1. The second kappa shape index (κ2) is 7.11. The lowest BCUT2D eigenvalue weighted by Crippen LogP contribution is -2.07. The van der Waals surface area contributed by atoms with E-state index in [4.69, 9.17) is 4.74 Å². The molecule has 4 heterocycles. The van der Waals surface area contributed by atoms with Crippen molar-refractivity contribution in [2.75, 3.05) is 12.4 Å². The molecule has 0 aromatic carbocycles. The van der Waals surface area contributed by atoms with Gasteiger partial charge in [-0.3, -0.25) is 9.78 Å². The molecule has 4 aromatic heterocycles. The van der Waals surface area contributed by atoms with Gasteiger partial charge >= 0.3 is 0 Å². The summed E-state index contributed by atoms with van der Waals surface area (Å²) in [5, 5.41) is 2.74. The summed E-state index contributed by atoms with van der Waals surface area (Å²) in [5.41, 5.74) is 5.66. The molecule has 0 unspecified atom stereocenters. The third-order valence-electron chi connectivity index (χ3n) is 4.53. The van der Waals surface area contributed by atoms with Gasteiger partial charge in [0, 0.05) is 55.3 Å². The minimum Gasteiger partial charge on any atom is -0.481 e. The van der Waals surface area contributed by atoms with Crippen LogP contribution in [0.25, 0.3) is 33.4 Å². The van der Waals surface area contributed by atoms with Crippen molar-refractivity contribution in [3.63, 3.8) is 0 Å². The smallest absolute Gasteiger partial charge is 0.222 e. The van der Waals surface area contributed by atoms with Crippen molar-refractivity contribution in [3.8, 4) is 28.3 Å². The predicted octanol–water partition coefficient (Wildman–Crippen LogP) is 3.66. The van der Waals surface area contributed by atoms with Gasteiger partial charge in [0.25, 0.3) is 0 Å². The van der Waals surface area contributed by atoms with Crippen molar-refractivity contribution < 1.29 is 9.53 Å². The Kier molecular flexibility index (Phi) is 4.49. The Labute approximate surface area is 162 Å². The van der Waals surface area contributed by atoms with Crippen molar-refractivity contribution in [1.29, 1.82) is 0 Å². The van der Waals surface area contributed by atoms with E-state index in [0.29, 0.717) is 11.7 Å². The van der Waals surface area contributed by atoms with Gasteiger partial charge in [-0.1, -0.05) is 0 Å². The first-order valence-corrected chi connectivity index (χ1v) is 8.76. The Hall–Kier alpha value is -3.74. The van der Waals surface area contributed by atoms with Crippen LogP contribution in [0.5, 0.6) is 5.88 Å². The van der Waals surface area contributed by atoms with Crippen LogP contribution in [-0.4, -0.2) is 32.5 Å². The van der Waals surface area contributed by atoms with E-state index in [2.05, 4.69) is 24.8 Å². The second-order valence-electron chi connectivity index (χ2n) is 6.35. The van der Waals surface area contributed by atoms with E-state index in [-0.39, 0.29) is 5.91 Å². The van der Waals surface area contributed by atoms with E-state index in [1.807, 2.05) is 43.4 Å². The molecular formula is C21H19N5O2. The molecule has 0 radical (unpaired) electrons. The number of carbonyl (C=O) groups is 1. The summed E-state index contributed by atoms with van der Waals surface area (Å²) in [6.45, 7) is 1.46. The number of fused-ring (bicyclic) bond motifs is 1. The maximum atomic E-state index is 11.4. The van der Waals surface area contributed by atoms with Gasteiger partial charge in [-0.2, -0.15) is 0 Å². The van der Waals surface area contributed by atoms with Crippen LogP contribution in [0.1, 0.15) is 6.92 Å². The molecule has 0 spiro atoms. The summed E-state index contributed by atoms with van der Waals surface area (Å²) in [6, 6.07) is 11.5. The van der Waals surface area contributed by atoms with E-state index in [1.165, 1.54) is 6.92 Å². The zero-order valence-electron chi connectivity index (χ0n) is 15.8. The van der Waals surface area contributed by atoms with Gasteiger partial charge in [-0.15, -0.1) is 0 Å². The molecule has 28 heavy (non-hydrogen) atoms. The van der Waals surface area contributed by atoms with Gasteiger partial charge < -0.3 is 14.6 Å². The van der Waals surface area contributed by atoms with Crippen LogP contribution in [-0.2, 0) is 11.8 Å². The van der Waals surface area contributed by atoms with E-state index in [0.717, 1.165) is 33.4 Å². The molecule has 0 bridgehead atoms. The Morgan fingerprint density at radius 3 is 2.64 bits per heavy atom. The van der Waals surface area contributed by atoms with Gasteiger partial charge in [0.1, 0.15) is 5.82 Å². The molecular weight excluding hydrogens is 354 g/mol. The second-order valence-corrected chi connectivity index (χ2v) is 6.35. The lowest BCUT2D eigenvalue weighted by molar-refractivity contribution is -0.114. The fourth-order valence-electron chi connectivity index (χ4n) is 3.35. The number of hydrogen-bond acceptors (Lipinski definition) is 5. The molecule has 0 saturated heterocycles. The van der Waals surface area contributed by atoms with E-state index < -0.39 is 0 Å². The summed E-state index contributed by atoms with van der Waals surface area (Å²) in [4.78, 5) is 24.6. The zero-order valence-corrected chi connectivity index (χ0v) is 15.8. The average molecular weight is 373 g/mol. The van der Waals surface area contributed by atoms with Crippen LogP contribution < -0.4 is 10.1 Å². The number of ether oxygens (including phenoxy) is 1. The highest BCUT2D eigenvalue weighted by atomic mass is 16.5. The summed E-state index contributed by atoms with van der Waals surface area (Å²) < 4.78 is 7.28. The third kappa shape index (κ3) is 3.07. The van der Waals surface area contributed by atoms with Crippen LogP contribution in [0.4, 0.5) is 5.82 Å². The molecule has 7 heteroatoms. The van der Waals surface area contributed by atoms with E-state index in [9.17, 15) is 4.79 Å². The highest BCUT2D eigenvalue weighted by Gasteiger charge is 2.20. The minimum atomic E-state index is -0.164. The van der Waals surface area contributed by atoms with Crippen molar-refractivity contribution in [1.82, 2.24) is 19.5 Å². The molecule has 4 aromatic rings. The number of hydrogen-bond donors (Lipinski definition) is 1. The first kappa shape index (κ1) is 17.7. The third-order valence-corrected chi connectivity index (χ3v) is 4.53. The Morgan fingerprint density at radius 2 is 1.93 bits per heavy atom. The summed E-state index contributed by atoms with van der Waals surface area (Å²) in [6.07, 6.45) is 5.24. The summed E-state index contributed by atoms with van der Waals surface area (Å²) in [7, 11) is 3.59. The molecule has 0 aliphatic carbocycles. The van der Waals surface area contributed by atoms with Crippen molar-refractivity contribution in [2.24, 2.45) is 7.05 Å². The SMILES string of the molecule is COc1ccc(-c2c(-c3ccnc(NC(C)=O)c3)n(C)c3cccnc23)cn1. The molecule has 0 atom stereocenters. The lowest BCUT2D eigenvalue weighted by Gasteiger charge is -2.10. The number of amides is 1. The standard InChI is InChI=1S/C21H19N5O2/c1-13(27)25-17-11-14(8-10-22-17)21-19(15-6-7-18(28-3)24-12-15)20-16(26(21)2)5-4-9-23-20/h4-12H,1-3H3,(H,22,25,27). The fraction of sp³-hybridized carbons (Fsp3) is 0.143. The Balaban J connectivity index is 1.97. The molecule has 4 rings (SSSR count). The van der Waals surface area contributed by atoms with Crippen LogP contribution in [0.15, 0.2) is 55.0 Å². The maximum absolute atomic E-state index is 11.4.